The van der Waals surface area contributed by atoms with Crippen LogP contribution in [0.3, 0.4) is 0 Å². The topological polar surface area (TPSA) is 129 Å². The van der Waals surface area contributed by atoms with E-state index in [0.29, 0.717) is 33.3 Å². The number of nitrogens with zero attached hydrogens (tertiary/aromatic N) is 4. The molecule has 0 unspecified atom stereocenters. The third-order valence-corrected chi connectivity index (χ3v) is 6.21. The van der Waals surface area contributed by atoms with Gasteiger partial charge in [0.25, 0.3) is 11.5 Å². The number of aryl methyl sites for hydroxylation is 2. The molecule has 0 saturated heterocycles. The molecule has 1 aromatic heterocycles. The predicted octanol–water partition coefficient (Wildman–Crippen LogP) is 5.49. The smallest absolute Gasteiger partial charge is 0.313 e. The molecule has 38 heavy (non-hydrogen) atoms. The van der Waals surface area contributed by atoms with Gasteiger partial charge in [-0.3, -0.25) is 19.7 Å². The third kappa shape index (κ3) is 6.06. The average Bonchev–Trinajstić information content (AvgIpc) is 2.88. The van der Waals surface area contributed by atoms with Gasteiger partial charge >= 0.3 is 5.69 Å². The van der Waals surface area contributed by atoms with E-state index in [1.54, 1.807) is 30.3 Å². The van der Waals surface area contributed by atoms with E-state index in [0.717, 1.165) is 10.2 Å². The number of ether oxygens (including phenoxy) is 1. The Morgan fingerprint density at radius 3 is 2.66 bits per heavy atom. The molecule has 0 aliphatic rings. The minimum Gasteiger partial charge on any atom is -0.476 e. The van der Waals surface area contributed by atoms with Gasteiger partial charge in [0.2, 0.25) is 5.75 Å². The summed E-state index contributed by atoms with van der Waals surface area (Å²) in [4.78, 5) is 40.9. The average molecular weight is 599 g/mol. The molecule has 0 aliphatic heterocycles. The van der Waals surface area contributed by atoms with Crippen molar-refractivity contribution in [2.75, 3.05) is 11.9 Å². The van der Waals surface area contributed by atoms with E-state index in [4.69, 9.17) is 16.3 Å². The summed E-state index contributed by atoms with van der Waals surface area (Å²) in [7, 11) is 0. The molecule has 4 rings (SSSR count). The Hall–Kier alpha value is -4.09. The van der Waals surface area contributed by atoms with E-state index in [2.05, 4.69) is 31.3 Å². The van der Waals surface area contributed by atoms with Crippen LogP contribution in [0.15, 0.2) is 69.0 Å². The molecule has 3 aromatic carbocycles. The van der Waals surface area contributed by atoms with Gasteiger partial charge in [0.15, 0.2) is 6.61 Å². The van der Waals surface area contributed by atoms with Crippen molar-refractivity contribution in [2.45, 2.75) is 20.3 Å². The number of rotatable bonds is 8. The molecule has 12 heteroatoms. The van der Waals surface area contributed by atoms with Gasteiger partial charge in [-0.15, -0.1) is 0 Å². The largest absolute Gasteiger partial charge is 0.476 e. The van der Waals surface area contributed by atoms with E-state index >= 15 is 0 Å². The van der Waals surface area contributed by atoms with Crippen molar-refractivity contribution in [1.82, 2.24) is 9.66 Å². The van der Waals surface area contributed by atoms with Gasteiger partial charge in [0.1, 0.15) is 5.82 Å². The van der Waals surface area contributed by atoms with Crippen molar-refractivity contribution in [3.8, 4) is 5.75 Å². The van der Waals surface area contributed by atoms with Crippen LogP contribution in [-0.4, -0.2) is 33.3 Å². The molecule has 1 heterocycles. The first-order valence-corrected chi connectivity index (χ1v) is 12.6. The number of aromatic nitrogens is 2. The summed E-state index contributed by atoms with van der Waals surface area (Å²) in [5.41, 5.74) is 1.55. The summed E-state index contributed by atoms with van der Waals surface area (Å²) >= 11 is 9.65. The van der Waals surface area contributed by atoms with E-state index in [1.165, 1.54) is 18.3 Å². The molecule has 0 atom stereocenters. The summed E-state index contributed by atoms with van der Waals surface area (Å²) in [6.45, 7) is 3.26. The van der Waals surface area contributed by atoms with Crippen molar-refractivity contribution < 1.29 is 14.5 Å². The number of hydrogen-bond acceptors (Lipinski definition) is 7. The maximum Gasteiger partial charge on any atom is 0.313 e. The zero-order chi connectivity index (χ0) is 27.4. The number of nitrogens with one attached hydrogen (secondary N) is 1. The van der Waals surface area contributed by atoms with Crippen molar-refractivity contribution in [1.29, 1.82) is 0 Å². The summed E-state index contributed by atoms with van der Waals surface area (Å²) in [5.74, 6) is -0.343. The van der Waals surface area contributed by atoms with Gasteiger partial charge in [-0.1, -0.05) is 52.2 Å². The number of carbonyl (C=O) groups excluding carboxylic acids is 1. The first-order chi connectivity index (χ1) is 18.2. The predicted molar refractivity (Wildman–Crippen MR) is 149 cm³/mol. The molecular formula is C26H21BrClN5O5. The number of nitro groups is 1. The molecule has 1 N–H and O–H groups in total. The zero-order valence-electron chi connectivity index (χ0n) is 20.3. The van der Waals surface area contributed by atoms with Crippen LogP contribution in [0.2, 0.25) is 5.02 Å². The lowest BCUT2D eigenvalue weighted by molar-refractivity contribution is -0.385. The molecule has 0 spiro atoms. The van der Waals surface area contributed by atoms with Crippen LogP contribution in [0, 0.1) is 17.0 Å². The second-order valence-electron chi connectivity index (χ2n) is 8.22. The first-order valence-electron chi connectivity index (χ1n) is 11.4. The number of amides is 1. The Morgan fingerprint density at radius 1 is 1.24 bits per heavy atom. The van der Waals surface area contributed by atoms with Gasteiger partial charge in [0, 0.05) is 28.2 Å². The Morgan fingerprint density at radius 2 is 1.97 bits per heavy atom. The van der Waals surface area contributed by atoms with Crippen molar-refractivity contribution in [3.05, 3.63) is 102 Å². The van der Waals surface area contributed by atoms with Gasteiger partial charge < -0.3 is 10.1 Å². The Balaban J connectivity index is 1.60. The fourth-order valence-electron chi connectivity index (χ4n) is 3.59. The number of halogens is 2. The zero-order valence-corrected chi connectivity index (χ0v) is 22.6. The summed E-state index contributed by atoms with van der Waals surface area (Å²) in [6.07, 6.45) is 1.70. The number of hydrogen-bond donors (Lipinski definition) is 1. The second kappa shape index (κ2) is 11.5. The van der Waals surface area contributed by atoms with Crippen LogP contribution in [0.5, 0.6) is 5.75 Å². The molecule has 0 radical (unpaired) electrons. The minimum atomic E-state index is -0.671. The normalized spacial score (nSPS) is 11.2. The van der Waals surface area contributed by atoms with E-state index in [1.807, 2.05) is 26.0 Å². The molecule has 0 aliphatic carbocycles. The number of anilines is 1. The van der Waals surface area contributed by atoms with Crippen molar-refractivity contribution >= 4 is 61.9 Å². The maximum absolute atomic E-state index is 13.1. The monoisotopic (exact) mass is 597 g/mol. The third-order valence-electron chi connectivity index (χ3n) is 5.44. The first kappa shape index (κ1) is 27.0. The summed E-state index contributed by atoms with van der Waals surface area (Å²) in [6, 6.07) is 14.9. The number of nitro benzene ring substituents is 1. The fraction of sp³-hybridized carbons (Fsp3) is 0.154. The second-order valence-corrected chi connectivity index (χ2v) is 9.54. The summed E-state index contributed by atoms with van der Waals surface area (Å²) in [5, 5.41) is 18.9. The van der Waals surface area contributed by atoms with E-state index in [-0.39, 0.29) is 21.9 Å². The lowest BCUT2D eigenvalue weighted by Gasteiger charge is -2.10. The van der Waals surface area contributed by atoms with Crippen LogP contribution in [-0.2, 0) is 11.2 Å². The molecule has 1 amide bonds. The highest BCUT2D eigenvalue weighted by atomic mass is 79.9. The van der Waals surface area contributed by atoms with Crippen molar-refractivity contribution in [2.24, 2.45) is 5.10 Å². The molecule has 0 saturated carbocycles. The molecule has 194 valence electrons. The quantitative estimate of drug-likeness (QED) is 0.162. The highest BCUT2D eigenvalue weighted by molar-refractivity contribution is 9.10. The molecule has 4 aromatic rings. The highest BCUT2D eigenvalue weighted by Gasteiger charge is 2.21. The van der Waals surface area contributed by atoms with Crippen LogP contribution in [0.1, 0.15) is 23.9 Å². The Kier molecular flexibility index (Phi) is 8.18. The lowest BCUT2D eigenvalue weighted by atomic mass is 10.2. The van der Waals surface area contributed by atoms with E-state index in [9.17, 15) is 19.7 Å². The van der Waals surface area contributed by atoms with Crippen LogP contribution in [0.25, 0.3) is 10.9 Å². The number of carbonyl (C=O) groups is 1. The standard InChI is InChI=1S/C26H21BrClN5O5/c1-3-23-31-21-9-6-17(27)12-19(21)26(35)32(23)29-13-16-10-20(28)25(22(11-16)33(36)37)38-14-24(34)30-18-7-4-15(2)5-8-18/h4-13H,3,14H2,1-2H3,(H,30,34). The number of fused-ring (bicyclic) bond motifs is 1. The minimum absolute atomic E-state index is 0.0904. The van der Waals surface area contributed by atoms with Crippen LogP contribution in [0.4, 0.5) is 11.4 Å². The Bertz CT molecular complexity index is 1640. The van der Waals surface area contributed by atoms with Gasteiger partial charge in [-0.05, 0) is 43.3 Å². The van der Waals surface area contributed by atoms with Gasteiger partial charge in [-0.25, -0.2) is 4.98 Å². The van der Waals surface area contributed by atoms with Gasteiger partial charge in [-0.2, -0.15) is 9.78 Å². The SMILES string of the molecule is CCc1nc2ccc(Br)cc2c(=O)n1N=Cc1cc(Cl)c(OCC(=O)Nc2ccc(C)cc2)c([N+](=O)[O-])c1. The molecule has 10 nitrogen and oxygen atoms in total. The van der Waals surface area contributed by atoms with Crippen molar-refractivity contribution in [3.63, 3.8) is 0 Å². The maximum atomic E-state index is 13.1. The number of benzene rings is 3. The molecule has 0 bridgehead atoms. The van der Waals surface area contributed by atoms with E-state index < -0.39 is 23.1 Å². The Labute approximate surface area is 230 Å². The van der Waals surface area contributed by atoms with Gasteiger partial charge in [0.05, 0.1) is 27.1 Å². The fourth-order valence-corrected chi connectivity index (χ4v) is 4.23. The van der Waals surface area contributed by atoms with Crippen LogP contribution < -0.4 is 15.6 Å². The lowest BCUT2D eigenvalue weighted by Crippen LogP contribution is -2.22. The molecular weight excluding hydrogens is 578 g/mol. The molecule has 0 fully saturated rings. The highest BCUT2D eigenvalue weighted by Crippen LogP contribution is 2.36. The summed E-state index contributed by atoms with van der Waals surface area (Å²) < 4.78 is 7.28. The van der Waals surface area contributed by atoms with Crippen LogP contribution >= 0.6 is 27.5 Å².